The molecule has 5 heterocycles. The smallest absolute Gasteiger partial charge is 0.349 e. The number of aryl methyl sites for hydroxylation is 1. The average molecular weight is 545 g/mol. The van der Waals surface area contributed by atoms with E-state index in [0.717, 1.165) is 54.8 Å². The van der Waals surface area contributed by atoms with Crippen LogP contribution in [0.5, 0.6) is 0 Å². The fraction of sp³-hybridized carbons (Fsp3) is 0.533. The first-order chi connectivity index (χ1) is 19.4. The summed E-state index contributed by atoms with van der Waals surface area (Å²) in [5, 5.41) is 8.52. The van der Waals surface area contributed by atoms with Gasteiger partial charge < -0.3 is 14.7 Å². The van der Waals surface area contributed by atoms with Crippen LogP contribution in [0.1, 0.15) is 43.5 Å². The second-order valence-electron chi connectivity index (χ2n) is 11.6. The Labute approximate surface area is 235 Å². The van der Waals surface area contributed by atoms with E-state index in [0.29, 0.717) is 51.4 Å². The van der Waals surface area contributed by atoms with E-state index in [2.05, 4.69) is 64.4 Å². The second kappa shape index (κ2) is 10.7. The number of aromatic nitrogens is 4. The summed E-state index contributed by atoms with van der Waals surface area (Å²) >= 11 is 0. The molecule has 0 unspecified atom stereocenters. The third kappa shape index (κ3) is 4.68. The highest BCUT2D eigenvalue weighted by Crippen LogP contribution is 2.35. The molecule has 3 aromatic rings. The maximum atomic E-state index is 13.8. The Morgan fingerprint density at radius 2 is 1.95 bits per heavy atom. The van der Waals surface area contributed by atoms with Gasteiger partial charge in [0.1, 0.15) is 5.82 Å². The second-order valence-corrected chi connectivity index (χ2v) is 11.6. The number of hydrogen-bond donors (Lipinski definition) is 1. The van der Waals surface area contributed by atoms with Crippen LogP contribution in [0.4, 0.5) is 11.5 Å². The zero-order valence-electron chi connectivity index (χ0n) is 23.9. The number of anilines is 2. The van der Waals surface area contributed by atoms with E-state index in [-0.39, 0.29) is 11.6 Å². The van der Waals surface area contributed by atoms with Gasteiger partial charge in [0.2, 0.25) is 5.91 Å². The Morgan fingerprint density at radius 1 is 1.15 bits per heavy atom. The number of rotatable bonds is 6. The van der Waals surface area contributed by atoms with Gasteiger partial charge in [0.15, 0.2) is 0 Å². The number of hydrogen-bond acceptors (Lipinski definition) is 7. The molecule has 10 nitrogen and oxygen atoms in total. The molecule has 2 aromatic heterocycles. The number of likely N-dealkylation sites (tertiary alicyclic amines) is 1. The lowest BCUT2D eigenvalue weighted by Gasteiger charge is -2.39. The normalized spacial score (nSPS) is 20.0. The number of amides is 1. The lowest BCUT2D eigenvalue weighted by atomic mass is 10.0. The molecule has 0 spiro atoms. The molecule has 0 bridgehead atoms. The first-order valence-electron chi connectivity index (χ1n) is 14.6. The summed E-state index contributed by atoms with van der Waals surface area (Å²) in [6, 6.07) is 4.99. The minimum atomic E-state index is -0.172. The minimum absolute atomic E-state index is 0.0456. The van der Waals surface area contributed by atoms with Crippen molar-refractivity contribution in [1.82, 2.24) is 29.5 Å². The maximum Gasteiger partial charge on any atom is 0.349 e. The van der Waals surface area contributed by atoms with Gasteiger partial charge in [0, 0.05) is 68.0 Å². The molecule has 1 N–H and O–H groups in total. The van der Waals surface area contributed by atoms with E-state index in [1.165, 1.54) is 22.9 Å². The molecule has 6 rings (SSSR count). The zero-order chi connectivity index (χ0) is 28.0. The van der Waals surface area contributed by atoms with Gasteiger partial charge in [-0.3, -0.25) is 19.4 Å². The standard InChI is InChI=1S/C30H40N8O2/c1-5-27(39)34-13-15-35(16-14-34)29-23-10-12-36(28-21(4)8-9-25-24(28)17-31-33-25)19-26(23)38(30(40)32-29)18-22-7-6-11-37(22)20(2)3/h5,8-9,17,20,22H,1,6-7,10-16,18-19H2,2-4H3,(H,31,33)/t22-/m0/s1. The Kier molecular flexibility index (Phi) is 7.12. The molecule has 2 fully saturated rings. The molecule has 212 valence electrons. The van der Waals surface area contributed by atoms with Crippen LogP contribution >= 0.6 is 0 Å². The van der Waals surface area contributed by atoms with Crippen LogP contribution in [0.3, 0.4) is 0 Å². The van der Waals surface area contributed by atoms with E-state index < -0.39 is 0 Å². The SMILES string of the molecule is C=CC(=O)N1CCN(c2nc(=O)n(C[C@@H]3CCCN3C(C)C)c3c2CCN(c2c(C)ccc4[nH]ncc24)C3)CC1. The van der Waals surface area contributed by atoms with Gasteiger partial charge in [-0.05, 0) is 64.3 Å². The third-order valence-electron chi connectivity index (χ3n) is 9.01. The minimum Gasteiger partial charge on any atom is -0.365 e. The summed E-state index contributed by atoms with van der Waals surface area (Å²) < 4.78 is 1.97. The Balaban J connectivity index is 1.39. The fourth-order valence-corrected chi connectivity index (χ4v) is 6.95. The Bertz CT molecular complexity index is 1480. The molecule has 0 saturated carbocycles. The number of piperazine rings is 1. The van der Waals surface area contributed by atoms with Crippen LogP contribution in [0, 0.1) is 6.92 Å². The molecule has 0 aliphatic carbocycles. The lowest BCUT2D eigenvalue weighted by molar-refractivity contribution is -0.126. The van der Waals surface area contributed by atoms with Crippen molar-refractivity contribution in [3.8, 4) is 0 Å². The van der Waals surface area contributed by atoms with Crippen LogP contribution in [-0.4, -0.2) is 86.8 Å². The summed E-state index contributed by atoms with van der Waals surface area (Å²) in [7, 11) is 0. The highest BCUT2D eigenvalue weighted by atomic mass is 16.2. The molecule has 2 saturated heterocycles. The van der Waals surface area contributed by atoms with E-state index in [1.54, 1.807) is 0 Å². The van der Waals surface area contributed by atoms with Crippen molar-refractivity contribution >= 4 is 28.3 Å². The number of benzene rings is 1. The van der Waals surface area contributed by atoms with Crippen molar-refractivity contribution in [2.24, 2.45) is 0 Å². The van der Waals surface area contributed by atoms with Crippen LogP contribution in [0.25, 0.3) is 10.9 Å². The molecule has 10 heteroatoms. The van der Waals surface area contributed by atoms with Crippen LogP contribution in [0.2, 0.25) is 0 Å². The summed E-state index contributed by atoms with van der Waals surface area (Å²) in [5.74, 6) is 0.753. The van der Waals surface area contributed by atoms with Crippen molar-refractivity contribution in [2.75, 3.05) is 49.1 Å². The zero-order valence-corrected chi connectivity index (χ0v) is 23.9. The number of aromatic amines is 1. The molecule has 1 atom stereocenters. The van der Waals surface area contributed by atoms with Crippen molar-refractivity contribution in [2.45, 2.75) is 65.2 Å². The maximum absolute atomic E-state index is 13.8. The number of H-pyrrole nitrogens is 1. The van der Waals surface area contributed by atoms with Crippen LogP contribution < -0.4 is 15.5 Å². The van der Waals surface area contributed by atoms with Gasteiger partial charge in [-0.2, -0.15) is 10.1 Å². The van der Waals surface area contributed by atoms with Crippen LogP contribution in [0.15, 0.2) is 35.8 Å². The number of fused-ring (bicyclic) bond motifs is 2. The molecular weight excluding hydrogens is 504 g/mol. The summed E-state index contributed by atoms with van der Waals surface area (Å²) in [4.78, 5) is 39.6. The number of carbonyl (C=O) groups is 1. The van der Waals surface area contributed by atoms with Gasteiger partial charge >= 0.3 is 5.69 Å². The quantitative estimate of drug-likeness (QED) is 0.477. The molecular formula is C30H40N8O2. The van der Waals surface area contributed by atoms with E-state index >= 15 is 0 Å². The van der Waals surface area contributed by atoms with E-state index in [1.807, 2.05) is 15.7 Å². The fourth-order valence-electron chi connectivity index (χ4n) is 6.95. The molecule has 1 amide bonds. The molecule has 1 aromatic carbocycles. The van der Waals surface area contributed by atoms with Gasteiger partial charge in [-0.1, -0.05) is 12.6 Å². The molecule has 40 heavy (non-hydrogen) atoms. The predicted molar refractivity (Wildman–Crippen MR) is 158 cm³/mol. The number of carbonyl (C=O) groups excluding carboxylic acids is 1. The molecule has 0 radical (unpaired) electrons. The number of nitrogens with one attached hydrogen (secondary N) is 1. The highest BCUT2D eigenvalue weighted by molar-refractivity contribution is 5.93. The third-order valence-corrected chi connectivity index (χ3v) is 9.01. The average Bonchev–Trinajstić information content (AvgIpc) is 3.63. The predicted octanol–water partition coefficient (Wildman–Crippen LogP) is 2.70. The highest BCUT2D eigenvalue weighted by Gasteiger charge is 2.33. The van der Waals surface area contributed by atoms with Crippen LogP contribution in [-0.2, 0) is 24.3 Å². The van der Waals surface area contributed by atoms with Crippen molar-refractivity contribution in [1.29, 1.82) is 0 Å². The molecule has 3 aliphatic heterocycles. The lowest BCUT2D eigenvalue weighted by Crippen LogP contribution is -2.50. The van der Waals surface area contributed by atoms with E-state index in [4.69, 9.17) is 4.98 Å². The van der Waals surface area contributed by atoms with Crippen molar-refractivity contribution < 1.29 is 4.79 Å². The van der Waals surface area contributed by atoms with Gasteiger partial charge in [-0.15, -0.1) is 0 Å². The summed E-state index contributed by atoms with van der Waals surface area (Å²) in [6.45, 7) is 16.0. The number of nitrogens with zero attached hydrogens (tertiary/aromatic N) is 7. The van der Waals surface area contributed by atoms with Crippen molar-refractivity contribution in [3.05, 3.63) is 58.3 Å². The topological polar surface area (TPSA) is 93.6 Å². The Morgan fingerprint density at radius 3 is 2.70 bits per heavy atom. The molecule has 3 aliphatic rings. The Hall–Kier alpha value is -3.66. The van der Waals surface area contributed by atoms with Gasteiger partial charge in [-0.25, -0.2) is 4.79 Å². The summed E-state index contributed by atoms with van der Waals surface area (Å²) in [5.41, 5.74) is 5.46. The van der Waals surface area contributed by atoms with E-state index in [9.17, 15) is 9.59 Å². The summed E-state index contributed by atoms with van der Waals surface area (Å²) in [6.07, 6.45) is 6.33. The first-order valence-corrected chi connectivity index (χ1v) is 14.6. The van der Waals surface area contributed by atoms with Gasteiger partial charge in [0.05, 0.1) is 23.9 Å². The van der Waals surface area contributed by atoms with Gasteiger partial charge in [0.25, 0.3) is 0 Å². The largest absolute Gasteiger partial charge is 0.365 e. The first kappa shape index (κ1) is 26.6. The van der Waals surface area contributed by atoms with Crippen molar-refractivity contribution in [3.63, 3.8) is 0 Å². The monoisotopic (exact) mass is 544 g/mol.